The van der Waals surface area contributed by atoms with Crippen molar-refractivity contribution in [2.24, 2.45) is 0 Å². The first-order valence-corrected chi connectivity index (χ1v) is 9.16. The van der Waals surface area contributed by atoms with E-state index in [9.17, 15) is 4.79 Å². The number of nitrogens with one attached hydrogen (secondary N) is 1. The molecule has 3 rings (SSSR count). The van der Waals surface area contributed by atoms with E-state index in [0.717, 1.165) is 51.4 Å². The van der Waals surface area contributed by atoms with Gasteiger partial charge in [-0.1, -0.05) is 23.8 Å². The highest BCUT2D eigenvalue weighted by atomic mass is 16.5. The zero-order valence-electron chi connectivity index (χ0n) is 14.4. The standard InChI is InChI=1S/C20H28N2O2/c23-20(21-10-9-17-5-2-1-3-6-17)19-8-4-7-18(15-19)16-22-11-13-24-14-12-22/h4-5,7-8,15H,1-3,6,9-14,16H2,(H,21,23). The molecule has 0 bridgehead atoms. The second-order valence-electron chi connectivity index (χ2n) is 6.70. The maximum atomic E-state index is 12.4. The molecule has 1 aromatic carbocycles. The Bertz CT molecular complexity index is 577. The Labute approximate surface area is 144 Å². The zero-order chi connectivity index (χ0) is 16.6. The molecule has 0 unspecified atom stereocenters. The summed E-state index contributed by atoms with van der Waals surface area (Å²) in [5, 5.41) is 3.06. The molecule has 0 spiro atoms. The molecule has 1 N–H and O–H groups in total. The number of nitrogens with zero attached hydrogens (tertiary/aromatic N) is 1. The number of morpholine rings is 1. The molecule has 4 nitrogen and oxygen atoms in total. The van der Waals surface area contributed by atoms with Gasteiger partial charge in [-0.05, 0) is 49.8 Å². The van der Waals surface area contributed by atoms with E-state index in [2.05, 4.69) is 22.4 Å². The Balaban J connectivity index is 1.49. The maximum Gasteiger partial charge on any atom is 0.251 e. The van der Waals surface area contributed by atoms with Gasteiger partial charge in [0.05, 0.1) is 13.2 Å². The van der Waals surface area contributed by atoms with Crippen LogP contribution in [-0.2, 0) is 11.3 Å². The van der Waals surface area contributed by atoms with E-state index in [4.69, 9.17) is 4.74 Å². The van der Waals surface area contributed by atoms with Crippen molar-refractivity contribution in [3.8, 4) is 0 Å². The monoisotopic (exact) mass is 328 g/mol. The Morgan fingerprint density at radius 2 is 2.08 bits per heavy atom. The number of carbonyl (C=O) groups excluding carboxylic acids is 1. The highest BCUT2D eigenvalue weighted by Gasteiger charge is 2.12. The van der Waals surface area contributed by atoms with Gasteiger partial charge in [0.1, 0.15) is 0 Å². The molecule has 0 saturated carbocycles. The number of allylic oxidation sites excluding steroid dienone is 1. The van der Waals surface area contributed by atoms with Gasteiger partial charge in [-0.2, -0.15) is 0 Å². The van der Waals surface area contributed by atoms with E-state index in [-0.39, 0.29) is 5.91 Å². The first kappa shape index (κ1) is 17.2. The molecule has 1 heterocycles. The van der Waals surface area contributed by atoms with Crippen molar-refractivity contribution in [3.63, 3.8) is 0 Å². The van der Waals surface area contributed by atoms with Crippen LogP contribution in [0.5, 0.6) is 0 Å². The average Bonchev–Trinajstić information content (AvgIpc) is 2.64. The Hall–Kier alpha value is -1.65. The van der Waals surface area contributed by atoms with Gasteiger partial charge >= 0.3 is 0 Å². The second kappa shape index (κ2) is 9.00. The second-order valence-corrected chi connectivity index (χ2v) is 6.70. The molecule has 130 valence electrons. The third kappa shape index (κ3) is 5.18. The molecule has 1 aromatic rings. The number of amides is 1. The molecule has 1 amide bonds. The molecular formula is C20H28N2O2. The summed E-state index contributed by atoms with van der Waals surface area (Å²) in [6, 6.07) is 8.00. The van der Waals surface area contributed by atoms with Gasteiger partial charge < -0.3 is 10.1 Å². The number of hydrogen-bond acceptors (Lipinski definition) is 3. The largest absolute Gasteiger partial charge is 0.379 e. The van der Waals surface area contributed by atoms with Crippen LogP contribution in [0.25, 0.3) is 0 Å². The first-order valence-electron chi connectivity index (χ1n) is 9.16. The number of rotatable bonds is 6. The predicted octanol–water partition coefficient (Wildman–Crippen LogP) is 3.14. The van der Waals surface area contributed by atoms with Gasteiger partial charge in [0.15, 0.2) is 0 Å². The molecule has 1 fully saturated rings. The van der Waals surface area contributed by atoms with E-state index in [1.54, 1.807) is 0 Å². The highest BCUT2D eigenvalue weighted by molar-refractivity contribution is 5.94. The molecule has 2 aliphatic rings. The van der Waals surface area contributed by atoms with Crippen LogP contribution in [0.3, 0.4) is 0 Å². The molecule has 0 atom stereocenters. The summed E-state index contributed by atoms with van der Waals surface area (Å²) in [5.41, 5.74) is 3.46. The smallest absolute Gasteiger partial charge is 0.251 e. The summed E-state index contributed by atoms with van der Waals surface area (Å²) >= 11 is 0. The molecule has 24 heavy (non-hydrogen) atoms. The van der Waals surface area contributed by atoms with Crippen LogP contribution in [0.1, 0.15) is 48.0 Å². The van der Waals surface area contributed by atoms with Crippen molar-refractivity contribution < 1.29 is 9.53 Å². The first-order chi connectivity index (χ1) is 11.8. The fraction of sp³-hybridized carbons (Fsp3) is 0.550. The molecule has 0 aromatic heterocycles. The lowest BCUT2D eigenvalue weighted by Gasteiger charge is -2.26. The van der Waals surface area contributed by atoms with E-state index in [1.165, 1.54) is 36.8 Å². The summed E-state index contributed by atoms with van der Waals surface area (Å²) in [7, 11) is 0. The normalized spacial score (nSPS) is 18.9. The van der Waals surface area contributed by atoms with Crippen LogP contribution in [0, 0.1) is 0 Å². The SMILES string of the molecule is O=C(NCCC1=CCCCC1)c1cccc(CN2CCOCC2)c1. The number of hydrogen-bond donors (Lipinski definition) is 1. The van der Waals surface area contributed by atoms with Crippen molar-refractivity contribution >= 4 is 5.91 Å². The third-order valence-corrected chi connectivity index (χ3v) is 4.82. The average molecular weight is 328 g/mol. The number of ether oxygens (including phenoxy) is 1. The Kier molecular flexibility index (Phi) is 6.44. The van der Waals surface area contributed by atoms with Crippen LogP contribution in [0.15, 0.2) is 35.9 Å². The van der Waals surface area contributed by atoms with Gasteiger partial charge in [-0.3, -0.25) is 9.69 Å². The summed E-state index contributed by atoms with van der Waals surface area (Å²) in [5.74, 6) is 0.0373. The molecule has 1 aliphatic heterocycles. The van der Waals surface area contributed by atoms with Crippen molar-refractivity contribution in [3.05, 3.63) is 47.0 Å². The summed E-state index contributed by atoms with van der Waals surface area (Å²) in [6.07, 6.45) is 8.34. The van der Waals surface area contributed by atoms with E-state index < -0.39 is 0 Å². The van der Waals surface area contributed by atoms with Crippen molar-refractivity contribution in [1.29, 1.82) is 0 Å². The van der Waals surface area contributed by atoms with E-state index in [1.807, 2.05) is 18.2 Å². The zero-order valence-corrected chi connectivity index (χ0v) is 14.4. The van der Waals surface area contributed by atoms with Crippen molar-refractivity contribution in [2.45, 2.75) is 38.6 Å². The predicted molar refractivity (Wildman–Crippen MR) is 96.0 cm³/mol. The quantitative estimate of drug-likeness (QED) is 0.816. The summed E-state index contributed by atoms with van der Waals surface area (Å²) in [4.78, 5) is 14.7. The van der Waals surface area contributed by atoms with Crippen molar-refractivity contribution in [1.82, 2.24) is 10.2 Å². The van der Waals surface area contributed by atoms with Gasteiger partial charge in [0, 0.05) is 31.7 Å². The molecule has 1 saturated heterocycles. The van der Waals surface area contributed by atoms with Crippen LogP contribution < -0.4 is 5.32 Å². The molecular weight excluding hydrogens is 300 g/mol. The lowest BCUT2D eigenvalue weighted by Crippen LogP contribution is -2.35. The number of carbonyl (C=O) groups is 1. The van der Waals surface area contributed by atoms with Gasteiger partial charge in [-0.15, -0.1) is 0 Å². The summed E-state index contributed by atoms with van der Waals surface area (Å²) in [6.45, 7) is 5.15. The molecule has 0 radical (unpaired) electrons. The highest BCUT2D eigenvalue weighted by Crippen LogP contribution is 2.19. The Morgan fingerprint density at radius 1 is 1.21 bits per heavy atom. The van der Waals surface area contributed by atoms with Gasteiger partial charge in [0.2, 0.25) is 0 Å². The van der Waals surface area contributed by atoms with E-state index in [0.29, 0.717) is 0 Å². The fourth-order valence-electron chi connectivity index (χ4n) is 3.40. The lowest BCUT2D eigenvalue weighted by molar-refractivity contribution is 0.0342. The summed E-state index contributed by atoms with van der Waals surface area (Å²) < 4.78 is 5.38. The minimum absolute atomic E-state index is 0.0373. The Morgan fingerprint density at radius 3 is 2.88 bits per heavy atom. The van der Waals surface area contributed by atoms with Crippen LogP contribution in [-0.4, -0.2) is 43.7 Å². The maximum absolute atomic E-state index is 12.4. The topological polar surface area (TPSA) is 41.6 Å². The van der Waals surface area contributed by atoms with Gasteiger partial charge in [0.25, 0.3) is 5.91 Å². The molecule has 1 aliphatic carbocycles. The lowest BCUT2D eigenvalue weighted by atomic mass is 9.97. The van der Waals surface area contributed by atoms with Crippen LogP contribution >= 0.6 is 0 Å². The third-order valence-electron chi connectivity index (χ3n) is 4.82. The molecule has 4 heteroatoms. The van der Waals surface area contributed by atoms with Gasteiger partial charge in [-0.25, -0.2) is 0 Å². The van der Waals surface area contributed by atoms with Crippen molar-refractivity contribution in [2.75, 3.05) is 32.8 Å². The minimum atomic E-state index is 0.0373. The van der Waals surface area contributed by atoms with E-state index >= 15 is 0 Å². The van der Waals surface area contributed by atoms with Crippen LogP contribution in [0.2, 0.25) is 0 Å². The minimum Gasteiger partial charge on any atom is -0.379 e. The number of benzene rings is 1. The fourth-order valence-corrected chi connectivity index (χ4v) is 3.40. The van der Waals surface area contributed by atoms with Crippen LogP contribution in [0.4, 0.5) is 0 Å².